The highest BCUT2D eigenvalue weighted by Crippen LogP contribution is 2.26. The monoisotopic (exact) mass is 420 g/mol. The number of benzene rings is 2. The summed E-state index contributed by atoms with van der Waals surface area (Å²) in [6.45, 7) is 0. The third kappa shape index (κ3) is 3.68. The van der Waals surface area contributed by atoms with E-state index in [1.165, 1.54) is 17.8 Å². The van der Waals surface area contributed by atoms with Gasteiger partial charge in [0.15, 0.2) is 11.6 Å². The minimum absolute atomic E-state index is 0.0270. The van der Waals surface area contributed by atoms with E-state index in [-0.39, 0.29) is 10.2 Å². The Hall–Kier alpha value is -0.720. The molecule has 2 aromatic rings. The van der Waals surface area contributed by atoms with Crippen LogP contribution in [-0.4, -0.2) is 11.5 Å². The SMILES string of the molecule is O=C(CSc1cccc(Br)c1)c1c(F)ccc(Br)c1F. The van der Waals surface area contributed by atoms with E-state index in [4.69, 9.17) is 0 Å². The smallest absolute Gasteiger partial charge is 0.179 e. The van der Waals surface area contributed by atoms with Crippen molar-refractivity contribution in [2.75, 3.05) is 5.75 Å². The minimum atomic E-state index is -0.857. The lowest BCUT2D eigenvalue weighted by molar-refractivity contribution is 0.101. The maximum Gasteiger partial charge on any atom is 0.179 e. The predicted molar refractivity (Wildman–Crippen MR) is 83.3 cm³/mol. The number of rotatable bonds is 4. The van der Waals surface area contributed by atoms with Gasteiger partial charge in [0.1, 0.15) is 5.82 Å². The van der Waals surface area contributed by atoms with Crippen molar-refractivity contribution in [3.8, 4) is 0 Å². The molecule has 0 saturated heterocycles. The Kier molecular flexibility index (Phi) is 5.35. The summed E-state index contributed by atoms with van der Waals surface area (Å²) in [5.74, 6) is -2.30. The van der Waals surface area contributed by atoms with E-state index in [9.17, 15) is 13.6 Å². The molecule has 104 valence electrons. The summed E-state index contributed by atoms with van der Waals surface area (Å²) in [6.07, 6.45) is 0. The zero-order valence-electron chi connectivity index (χ0n) is 10.00. The number of carbonyl (C=O) groups excluding carboxylic acids is 1. The Labute approximate surface area is 136 Å². The molecule has 0 radical (unpaired) electrons. The molecule has 0 atom stereocenters. The van der Waals surface area contributed by atoms with Crippen molar-refractivity contribution >= 4 is 49.4 Å². The molecule has 0 bridgehead atoms. The van der Waals surface area contributed by atoms with Crippen LogP contribution in [0, 0.1) is 11.6 Å². The lowest BCUT2D eigenvalue weighted by Gasteiger charge is -2.06. The minimum Gasteiger partial charge on any atom is -0.293 e. The summed E-state index contributed by atoms with van der Waals surface area (Å²) in [5, 5.41) is 0. The van der Waals surface area contributed by atoms with E-state index in [2.05, 4.69) is 31.9 Å². The van der Waals surface area contributed by atoms with Crippen molar-refractivity contribution < 1.29 is 13.6 Å². The van der Waals surface area contributed by atoms with E-state index in [0.29, 0.717) is 0 Å². The summed E-state index contributed by atoms with van der Waals surface area (Å²) >= 11 is 7.50. The number of hydrogen-bond acceptors (Lipinski definition) is 2. The zero-order valence-corrected chi connectivity index (χ0v) is 14.0. The van der Waals surface area contributed by atoms with E-state index >= 15 is 0 Å². The Bertz CT molecular complexity index is 662. The summed E-state index contributed by atoms with van der Waals surface area (Å²) in [5.41, 5.74) is -0.498. The number of thioether (sulfide) groups is 1. The number of carbonyl (C=O) groups is 1. The van der Waals surface area contributed by atoms with Gasteiger partial charge in [-0.15, -0.1) is 11.8 Å². The van der Waals surface area contributed by atoms with Gasteiger partial charge in [-0.2, -0.15) is 0 Å². The van der Waals surface area contributed by atoms with Gasteiger partial charge in [-0.1, -0.05) is 22.0 Å². The molecule has 0 fully saturated rings. The fraction of sp³-hybridized carbons (Fsp3) is 0.0714. The fourth-order valence-corrected chi connectivity index (χ4v) is 3.27. The Morgan fingerprint density at radius 1 is 1.15 bits per heavy atom. The maximum atomic E-state index is 13.8. The quantitative estimate of drug-likeness (QED) is 0.370. The van der Waals surface area contributed by atoms with E-state index in [1.807, 2.05) is 24.3 Å². The van der Waals surface area contributed by atoms with Crippen LogP contribution < -0.4 is 0 Å². The molecule has 0 aliphatic rings. The fourth-order valence-electron chi connectivity index (χ4n) is 1.56. The van der Waals surface area contributed by atoms with Gasteiger partial charge in [-0.3, -0.25) is 4.79 Å². The normalized spacial score (nSPS) is 10.6. The first-order chi connectivity index (χ1) is 9.49. The third-order valence-corrected chi connectivity index (χ3v) is 4.59. The molecule has 20 heavy (non-hydrogen) atoms. The highest BCUT2D eigenvalue weighted by atomic mass is 79.9. The van der Waals surface area contributed by atoms with Gasteiger partial charge in [0, 0.05) is 9.37 Å². The Morgan fingerprint density at radius 2 is 1.90 bits per heavy atom. The molecule has 0 amide bonds. The van der Waals surface area contributed by atoms with Crippen molar-refractivity contribution in [2.45, 2.75) is 4.90 Å². The Balaban J connectivity index is 2.15. The second-order valence-electron chi connectivity index (χ2n) is 3.89. The Morgan fingerprint density at radius 3 is 2.60 bits per heavy atom. The zero-order chi connectivity index (χ0) is 14.7. The average molecular weight is 422 g/mol. The molecule has 0 N–H and O–H groups in total. The van der Waals surface area contributed by atoms with Crippen molar-refractivity contribution in [3.63, 3.8) is 0 Å². The van der Waals surface area contributed by atoms with Gasteiger partial charge in [0.05, 0.1) is 15.8 Å². The van der Waals surface area contributed by atoms with Crippen LogP contribution in [-0.2, 0) is 0 Å². The molecule has 0 aliphatic heterocycles. The topological polar surface area (TPSA) is 17.1 Å². The summed E-state index contributed by atoms with van der Waals surface area (Å²) in [6, 6.07) is 9.67. The molecule has 6 heteroatoms. The van der Waals surface area contributed by atoms with Crippen LogP contribution in [0.4, 0.5) is 8.78 Å². The van der Waals surface area contributed by atoms with Crippen LogP contribution in [0.1, 0.15) is 10.4 Å². The van der Waals surface area contributed by atoms with Crippen LogP contribution in [0.5, 0.6) is 0 Å². The molecule has 2 aromatic carbocycles. The van der Waals surface area contributed by atoms with Crippen molar-refractivity contribution in [3.05, 3.63) is 62.5 Å². The first kappa shape index (κ1) is 15.7. The molecule has 0 saturated carbocycles. The predicted octanol–water partition coefficient (Wildman–Crippen LogP) is 5.46. The number of hydrogen-bond donors (Lipinski definition) is 0. The lowest BCUT2D eigenvalue weighted by Crippen LogP contribution is -2.09. The van der Waals surface area contributed by atoms with Gasteiger partial charge < -0.3 is 0 Å². The van der Waals surface area contributed by atoms with Crippen molar-refractivity contribution in [1.29, 1.82) is 0 Å². The molecule has 0 aliphatic carbocycles. The van der Waals surface area contributed by atoms with Gasteiger partial charge in [0.25, 0.3) is 0 Å². The van der Waals surface area contributed by atoms with E-state index in [1.54, 1.807) is 0 Å². The first-order valence-corrected chi connectivity index (χ1v) is 8.11. The third-order valence-electron chi connectivity index (χ3n) is 2.49. The summed E-state index contributed by atoms with van der Waals surface area (Å²) in [7, 11) is 0. The number of Topliss-reactive ketones (excluding diaryl/α,β-unsaturated/α-hetero) is 1. The number of halogens is 4. The van der Waals surface area contributed by atoms with Gasteiger partial charge in [-0.05, 0) is 46.3 Å². The first-order valence-electron chi connectivity index (χ1n) is 5.54. The average Bonchev–Trinajstić information content (AvgIpc) is 2.41. The van der Waals surface area contributed by atoms with Gasteiger partial charge in [0.2, 0.25) is 0 Å². The standard InChI is InChI=1S/C14H8Br2F2OS/c15-8-2-1-3-9(6-8)20-7-12(19)13-11(17)5-4-10(16)14(13)18/h1-6H,7H2. The van der Waals surface area contributed by atoms with Gasteiger partial charge >= 0.3 is 0 Å². The highest BCUT2D eigenvalue weighted by Gasteiger charge is 2.19. The maximum absolute atomic E-state index is 13.8. The highest BCUT2D eigenvalue weighted by molar-refractivity contribution is 9.10. The van der Waals surface area contributed by atoms with Crippen LogP contribution in [0.3, 0.4) is 0 Å². The molecule has 2 rings (SSSR count). The largest absolute Gasteiger partial charge is 0.293 e. The van der Waals surface area contributed by atoms with Crippen LogP contribution in [0.15, 0.2) is 50.2 Å². The summed E-state index contributed by atoms with van der Waals surface area (Å²) in [4.78, 5) is 12.8. The van der Waals surface area contributed by atoms with Gasteiger partial charge in [-0.25, -0.2) is 8.78 Å². The lowest BCUT2D eigenvalue weighted by atomic mass is 10.1. The molecule has 1 nitrogen and oxygen atoms in total. The summed E-state index contributed by atoms with van der Waals surface area (Å²) < 4.78 is 28.3. The van der Waals surface area contributed by atoms with Crippen LogP contribution >= 0.6 is 43.6 Å². The van der Waals surface area contributed by atoms with Crippen LogP contribution in [0.25, 0.3) is 0 Å². The van der Waals surface area contributed by atoms with E-state index < -0.39 is 23.0 Å². The molecular weight excluding hydrogens is 414 g/mol. The van der Waals surface area contributed by atoms with Crippen molar-refractivity contribution in [1.82, 2.24) is 0 Å². The van der Waals surface area contributed by atoms with Crippen molar-refractivity contribution in [2.24, 2.45) is 0 Å². The number of ketones is 1. The molecular formula is C14H8Br2F2OS. The molecule has 0 unspecified atom stereocenters. The molecule has 0 aromatic heterocycles. The van der Waals surface area contributed by atoms with Crippen LogP contribution in [0.2, 0.25) is 0 Å². The molecule has 0 spiro atoms. The second-order valence-corrected chi connectivity index (χ2v) is 6.71. The molecule has 0 heterocycles. The van der Waals surface area contributed by atoms with E-state index in [0.717, 1.165) is 15.4 Å². The second kappa shape index (κ2) is 6.83.